The van der Waals surface area contributed by atoms with Crippen molar-refractivity contribution in [2.45, 2.75) is 27.2 Å². The fraction of sp³-hybridized carbons (Fsp3) is 0.500. The molecule has 1 rings (SSSR count). The fourth-order valence-corrected chi connectivity index (χ4v) is 1.26. The zero-order valence-corrected chi connectivity index (χ0v) is 9.10. The molecule has 14 heavy (non-hydrogen) atoms. The van der Waals surface area contributed by atoms with Crippen LogP contribution in [0.2, 0.25) is 0 Å². The summed E-state index contributed by atoms with van der Waals surface area (Å²) >= 11 is 0. The van der Waals surface area contributed by atoms with E-state index in [-0.39, 0.29) is 5.82 Å². The molecule has 0 saturated carbocycles. The normalized spacial score (nSPS) is 10.6. The van der Waals surface area contributed by atoms with Gasteiger partial charge in [-0.25, -0.2) is 4.39 Å². The molecule has 0 aromatic heterocycles. The van der Waals surface area contributed by atoms with Crippen LogP contribution in [0.5, 0.6) is 0 Å². The first-order valence-corrected chi connectivity index (χ1v) is 5.09. The number of rotatable bonds is 4. The van der Waals surface area contributed by atoms with Crippen LogP contribution < -0.4 is 5.32 Å². The van der Waals surface area contributed by atoms with E-state index in [0.29, 0.717) is 11.6 Å². The molecular weight excluding hydrogens is 177 g/mol. The highest BCUT2D eigenvalue weighted by Crippen LogP contribution is 2.15. The van der Waals surface area contributed by atoms with Crippen molar-refractivity contribution in [1.29, 1.82) is 0 Å². The van der Waals surface area contributed by atoms with Crippen molar-refractivity contribution in [2.75, 3.05) is 11.9 Å². The number of aryl methyl sites for hydroxylation is 1. The number of anilines is 1. The molecule has 0 aliphatic heterocycles. The Kier molecular flexibility index (Phi) is 3.93. The van der Waals surface area contributed by atoms with Gasteiger partial charge < -0.3 is 5.32 Å². The van der Waals surface area contributed by atoms with E-state index in [1.165, 1.54) is 0 Å². The van der Waals surface area contributed by atoms with Crippen molar-refractivity contribution in [1.82, 2.24) is 0 Å². The van der Waals surface area contributed by atoms with E-state index in [1.54, 1.807) is 12.1 Å². The van der Waals surface area contributed by atoms with Crippen LogP contribution in [0.25, 0.3) is 0 Å². The van der Waals surface area contributed by atoms with E-state index in [0.717, 1.165) is 18.5 Å². The second-order valence-corrected chi connectivity index (χ2v) is 4.09. The number of benzene rings is 1. The summed E-state index contributed by atoms with van der Waals surface area (Å²) in [6, 6.07) is 5.27. The van der Waals surface area contributed by atoms with Crippen LogP contribution in [0, 0.1) is 18.7 Å². The van der Waals surface area contributed by atoms with Gasteiger partial charge in [-0.05, 0) is 37.0 Å². The minimum absolute atomic E-state index is 0.159. The molecule has 0 saturated heterocycles. The van der Waals surface area contributed by atoms with Crippen molar-refractivity contribution in [3.63, 3.8) is 0 Å². The van der Waals surface area contributed by atoms with Gasteiger partial charge in [-0.3, -0.25) is 0 Å². The van der Waals surface area contributed by atoms with Crippen LogP contribution >= 0.6 is 0 Å². The summed E-state index contributed by atoms with van der Waals surface area (Å²) in [6.45, 7) is 7.04. The third-order valence-electron chi connectivity index (χ3n) is 2.16. The van der Waals surface area contributed by atoms with Crippen LogP contribution in [0.3, 0.4) is 0 Å². The lowest BCUT2D eigenvalue weighted by molar-refractivity contribution is 0.599. The van der Waals surface area contributed by atoms with E-state index in [4.69, 9.17) is 0 Å². The molecule has 1 aromatic rings. The maximum Gasteiger partial charge on any atom is 0.146 e. The van der Waals surface area contributed by atoms with Gasteiger partial charge in [-0.1, -0.05) is 19.9 Å². The van der Waals surface area contributed by atoms with Crippen LogP contribution in [0.1, 0.15) is 25.8 Å². The Hall–Kier alpha value is -1.05. The van der Waals surface area contributed by atoms with Crippen molar-refractivity contribution < 1.29 is 4.39 Å². The lowest BCUT2D eigenvalue weighted by Crippen LogP contribution is -2.06. The van der Waals surface area contributed by atoms with Gasteiger partial charge in [-0.2, -0.15) is 0 Å². The van der Waals surface area contributed by atoms with Gasteiger partial charge >= 0.3 is 0 Å². The van der Waals surface area contributed by atoms with Gasteiger partial charge in [-0.15, -0.1) is 0 Å². The summed E-state index contributed by atoms with van der Waals surface area (Å²) in [5.74, 6) is 0.491. The van der Waals surface area contributed by atoms with Gasteiger partial charge in [0.1, 0.15) is 5.82 Å². The topological polar surface area (TPSA) is 12.0 Å². The lowest BCUT2D eigenvalue weighted by atomic mass is 10.1. The predicted octanol–water partition coefficient (Wildman–Crippen LogP) is 3.59. The molecular formula is C12H18FN. The molecule has 0 spiro atoms. The zero-order chi connectivity index (χ0) is 10.6. The summed E-state index contributed by atoms with van der Waals surface area (Å²) in [5, 5.41) is 3.10. The molecule has 0 atom stereocenters. The Labute approximate surface area is 85.3 Å². The molecule has 0 radical (unpaired) electrons. The molecule has 0 fully saturated rings. The summed E-state index contributed by atoms with van der Waals surface area (Å²) < 4.78 is 13.3. The van der Waals surface area contributed by atoms with Gasteiger partial charge in [0, 0.05) is 6.54 Å². The maximum absolute atomic E-state index is 13.3. The third-order valence-corrected chi connectivity index (χ3v) is 2.16. The highest BCUT2D eigenvalue weighted by Gasteiger charge is 2.01. The minimum Gasteiger partial charge on any atom is -0.383 e. The second kappa shape index (κ2) is 4.99. The first-order valence-electron chi connectivity index (χ1n) is 5.09. The Morgan fingerprint density at radius 1 is 1.36 bits per heavy atom. The van der Waals surface area contributed by atoms with Crippen LogP contribution in [0.15, 0.2) is 18.2 Å². The molecule has 1 N–H and O–H groups in total. The van der Waals surface area contributed by atoms with Crippen molar-refractivity contribution in [3.05, 3.63) is 29.6 Å². The average Bonchev–Trinajstić information content (AvgIpc) is 2.08. The van der Waals surface area contributed by atoms with Gasteiger partial charge in [0.15, 0.2) is 0 Å². The number of halogens is 1. The summed E-state index contributed by atoms with van der Waals surface area (Å²) in [7, 11) is 0. The lowest BCUT2D eigenvalue weighted by Gasteiger charge is -2.09. The van der Waals surface area contributed by atoms with Gasteiger partial charge in [0.2, 0.25) is 0 Å². The van der Waals surface area contributed by atoms with E-state index in [2.05, 4.69) is 19.2 Å². The molecule has 0 bridgehead atoms. The second-order valence-electron chi connectivity index (χ2n) is 4.09. The van der Waals surface area contributed by atoms with Gasteiger partial charge in [0.25, 0.3) is 0 Å². The summed E-state index contributed by atoms with van der Waals surface area (Å²) in [4.78, 5) is 0. The number of hydrogen-bond acceptors (Lipinski definition) is 1. The van der Waals surface area contributed by atoms with Crippen molar-refractivity contribution in [2.24, 2.45) is 5.92 Å². The van der Waals surface area contributed by atoms with E-state index < -0.39 is 0 Å². The monoisotopic (exact) mass is 195 g/mol. The fourth-order valence-electron chi connectivity index (χ4n) is 1.26. The summed E-state index contributed by atoms with van der Waals surface area (Å²) in [6.07, 6.45) is 1.06. The molecule has 1 nitrogen and oxygen atoms in total. The highest BCUT2D eigenvalue weighted by atomic mass is 19.1. The first kappa shape index (κ1) is 11.0. The quantitative estimate of drug-likeness (QED) is 0.774. The summed E-state index contributed by atoms with van der Waals surface area (Å²) in [5.41, 5.74) is 1.56. The average molecular weight is 195 g/mol. The van der Waals surface area contributed by atoms with E-state index in [1.807, 2.05) is 13.0 Å². The Bertz CT molecular complexity index is 294. The van der Waals surface area contributed by atoms with Gasteiger partial charge in [0.05, 0.1) is 5.69 Å². The van der Waals surface area contributed by atoms with Crippen LogP contribution in [-0.2, 0) is 0 Å². The van der Waals surface area contributed by atoms with Crippen LogP contribution in [-0.4, -0.2) is 6.54 Å². The Balaban J connectivity index is 2.51. The van der Waals surface area contributed by atoms with Crippen molar-refractivity contribution in [3.8, 4) is 0 Å². The van der Waals surface area contributed by atoms with Crippen molar-refractivity contribution >= 4 is 5.69 Å². The number of hydrogen-bond donors (Lipinski definition) is 1. The molecule has 0 heterocycles. The first-order chi connectivity index (χ1) is 6.59. The Morgan fingerprint density at radius 2 is 2.07 bits per heavy atom. The SMILES string of the molecule is Cc1ccc(NCCC(C)C)c(F)c1. The molecule has 78 valence electrons. The molecule has 0 aliphatic rings. The zero-order valence-electron chi connectivity index (χ0n) is 9.10. The standard InChI is InChI=1S/C12H18FN/c1-9(2)6-7-14-12-5-4-10(3)8-11(12)13/h4-5,8-9,14H,6-7H2,1-3H3. The molecule has 0 unspecified atom stereocenters. The highest BCUT2D eigenvalue weighted by molar-refractivity contribution is 5.45. The molecule has 1 aromatic carbocycles. The third kappa shape index (κ3) is 3.36. The predicted molar refractivity (Wildman–Crippen MR) is 59.1 cm³/mol. The molecule has 2 heteroatoms. The van der Waals surface area contributed by atoms with Crippen LogP contribution in [0.4, 0.5) is 10.1 Å². The maximum atomic E-state index is 13.3. The number of nitrogens with one attached hydrogen (secondary N) is 1. The largest absolute Gasteiger partial charge is 0.383 e. The molecule has 0 aliphatic carbocycles. The minimum atomic E-state index is -0.159. The molecule has 0 amide bonds. The van der Waals surface area contributed by atoms with E-state index >= 15 is 0 Å². The smallest absolute Gasteiger partial charge is 0.146 e. The van der Waals surface area contributed by atoms with E-state index in [9.17, 15) is 4.39 Å². The Morgan fingerprint density at radius 3 is 2.64 bits per heavy atom.